The van der Waals surface area contributed by atoms with Crippen molar-refractivity contribution in [3.63, 3.8) is 0 Å². The smallest absolute Gasteiger partial charge is 0.254 e. The van der Waals surface area contributed by atoms with Crippen molar-refractivity contribution in [2.75, 3.05) is 32.7 Å². The summed E-state index contributed by atoms with van der Waals surface area (Å²) in [5.74, 6) is -0.0724. The van der Waals surface area contributed by atoms with Crippen LogP contribution in [0.2, 0.25) is 0 Å². The van der Waals surface area contributed by atoms with Crippen molar-refractivity contribution in [3.05, 3.63) is 35.6 Å². The Morgan fingerprint density at radius 1 is 1.12 bits per heavy atom. The van der Waals surface area contributed by atoms with Gasteiger partial charge in [-0.2, -0.15) is 0 Å². The number of halogens is 1. The Morgan fingerprint density at radius 2 is 1.83 bits per heavy atom. The first-order valence-corrected chi connectivity index (χ1v) is 8.64. The van der Waals surface area contributed by atoms with Crippen LogP contribution in [-0.4, -0.2) is 54.3 Å². The SMILES string of the molecule is NC[C@H]1CCC[C@H]1C(=O)N1CCN(C(=O)c2cccc(F)c2)CC1. The molecule has 1 aliphatic heterocycles. The molecular weight excluding hydrogens is 309 g/mol. The molecule has 130 valence electrons. The number of benzene rings is 1. The highest BCUT2D eigenvalue weighted by Crippen LogP contribution is 2.32. The van der Waals surface area contributed by atoms with Crippen LogP contribution in [-0.2, 0) is 4.79 Å². The molecule has 0 aromatic heterocycles. The molecule has 3 rings (SSSR count). The maximum atomic E-state index is 13.3. The Bertz CT molecular complexity index is 614. The van der Waals surface area contributed by atoms with Gasteiger partial charge in [0.1, 0.15) is 5.82 Å². The summed E-state index contributed by atoms with van der Waals surface area (Å²) in [5.41, 5.74) is 6.13. The summed E-state index contributed by atoms with van der Waals surface area (Å²) < 4.78 is 13.3. The van der Waals surface area contributed by atoms with Gasteiger partial charge in [0.05, 0.1) is 0 Å². The molecule has 24 heavy (non-hydrogen) atoms. The number of carbonyl (C=O) groups excluding carboxylic acids is 2. The summed E-state index contributed by atoms with van der Waals surface area (Å²) in [7, 11) is 0. The first-order chi connectivity index (χ1) is 11.6. The monoisotopic (exact) mass is 333 g/mol. The van der Waals surface area contributed by atoms with Crippen molar-refractivity contribution in [2.45, 2.75) is 19.3 Å². The van der Waals surface area contributed by atoms with Gasteiger partial charge < -0.3 is 15.5 Å². The van der Waals surface area contributed by atoms with Gasteiger partial charge in [-0.25, -0.2) is 4.39 Å². The van der Waals surface area contributed by atoms with Crippen LogP contribution in [0, 0.1) is 17.7 Å². The minimum Gasteiger partial charge on any atom is -0.339 e. The second-order valence-electron chi connectivity index (χ2n) is 6.66. The maximum Gasteiger partial charge on any atom is 0.254 e. The van der Waals surface area contributed by atoms with Crippen LogP contribution in [0.5, 0.6) is 0 Å². The molecule has 2 N–H and O–H groups in total. The Hall–Kier alpha value is -1.95. The highest BCUT2D eigenvalue weighted by Gasteiger charge is 2.36. The van der Waals surface area contributed by atoms with Crippen LogP contribution in [0.1, 0.15) is 29.6 Å². The fourth-order valence-corrected chi connectivity index (χ4v) is 3.81. The lowest BCUT2D eigenvalue weighted by Crippen LogP contribution is -2.52. The fraction of sp³-hybridized carbons (Fsp3) is 0.556. The molecule has 1 aromatic carbocycles. The molecule has 2 amide bonds. The molecule has 0 radical (unpaired) electrons. The molecule has 1 saturated carbocycles. The highest BCUT2D eigenvalue weighted by atomic mass is 19.1. The van der Waals surface area contributed by atoms with Crippen molar-refractivity contribution in [1.82, 2.24) is 9.80 Å². The largest absolute Gasteiger partial charge is 0.339 e. The standard InChI is InChI=1S/C18H24FN3O2/c19-15-5-1-3-13(11-15)17(23)21-7-9-22(10-8-21)18(24)16-6-2-4-14(16)12-20/h1,3,5,11,14,16H,2,4,6-10,12,20H2/t14-,16-/m1/s1. The van der Waals surface area contributed by atoms with Gasteiger partial charge >= 0.3 is 0 Å². The molecule has 0 unspecified atom stereocenters. The summed E-state index contributed by atoms with van der Waals surface area (Å²) in [6.45, 7) is 2.61. The minimum absolute atomic E-state index is 0.0421. The van der Waals surface area contributed by atoms with E-state index < -0.39 is 5.82 Å². The highest BCUT2D eigenvalue weighted by molar-refractivity contribution is 5.94. The number of rotatable bonds is 3. The maximum absolute atomic E-state index is 13.3. The Balaban J connectivity index is 1.57. The Morgan fingerprint density at radius 3 is 2.50 bits per heavy atom. The van der Waals surface area contributed by atoms with E-state index in [2.05, 4.69) is 0 Å². The molecule has 5 nitrogen and oxygen atoms in total. The number of nitrogens with two attached hydrogens (primary N) is 1. The van der Waals surface area contributed by atoms with Crippen LogP contribution in [0.15, 0.2) is 24.3 Å². The van der Waals surface area contributed by atoms with E-state index in [1.807, 2.05) is 4.90 Å². The second-order valence-corrected chi connectivity index (χ2v) is 6.66. The topological polar surface area (TPSA) is 66.6 Å². The van der Waals surface area contributed by atoms with Gasteiger partial charge in [-0.3, -0.25) is 9.59 Å². The van der Waals surface area contributed by atoms with Crippen LogP contribution in [0.25, 0.3) is 0 Å². The number of nitrogens with zero attached hydrogens (tertiary/aromatic N) is 2. The van der Waals surface area contributed by atoms with Gasteiger partial charge in [-0.1, -0.05) is 12.5 Å². The molecule has 2 aliphatic rings. The zero-order valence-electron chi connectivity index (χ0n) is 13.8. The lowest BCUT2D eigenvalue weighted by atomic mass is 9.94. The van der Waals surface area contributed by atoms with Crippen LogP contribution >= 0.6 is 0 Å². The third-order valence-corrected chi connectivity index (χ3v) is 5.23. The number of hydrogen-bond donors (Lipinski definition) is 1. The molecule has 1 saturated heterocycles. The van der Waals surface area contributed by atoms with Gasteiger partial charge in [0.25, 0.3) is 5.91 Å². The summed E-state index contributed by atoms with van der Waals surface area (Å²) >= 11 is 0. The molecule has 1 aliphatic carbocycles. The molecule has 6 heteroatoms. The van der Waals surface area contributed by atoms with Gasteiger partial charge in [0.2, 0.25) is 5.91 Å². The number of amides is 2. The normalized spacial score (nSPS) is 24.2. The molecular formula is C18H24FN3O2. The predicted octanol–water partition coefficient (Wildman–Crippen LogP) is 1.49. The number of carbonyl (C=O) groups is 2. The van der Waals surface area contributed by atoms with Crippen LogP contribution < -0.4 is 5.73 Å². The lowest BCUT2D eigenvalue weighted by Gasteiger charge is -2.36. The lowest BCUT2D eigenvalue weighted by molar-refractivity contribution is -0.138. The van der Waals surface area contributed by atoms with Crippen LogP contribution in [0.4, 0.5) is 4.39 Å². The van der Waals surface area contributed by atoms with E-state index in [4.69, 9.17) is 5.73 Å². The molecule has 0 spiro atoms. The summed E-state index contributed by atoms with van der Waals surface area (Å²) in [6, 6.07) is 5.73. The number of piperazine rings is 1. The van der Waals surface area contributed by atoms with E-state index in [0.717, 1.165) is 19.3 Å². The number of hydrogen-bond acceptors (Lipinski definition) is 3. The molecule has 0 bridgehead atoms. The Kier molecular flexibility index (Phi) is 5.14. The van der Waals surface area contributed by atoms with E-state index in [1.165, 1.54) is 18.2 Å². The van der Waals surface area contributed by atoms with Gasteiger partial charge in [-0.15, -0.1) is 0 Å². The quantitative estimate of drug-likeness (QED) is 0.911. The van der Waals surface area contributed by atoms with Crippen molar-refractivity contribution >= 4 is 11.8 Å². The van der Waals surface area contributed by atoms with E-state index >= 15 is 0 Å². The summed E-state index contributed by atoms with van der Waals surface area (Å²) in [4.78, 5) is 28.6. The third kappa shape index (κ3) is 3.43. The molecule has 1 aromatic rings. The van der Waals surface area contributed by atoms with E-state index in [0.29, 0.717) is 44.2 Å². The second kappa shape index (κ2) is 7.30. The van der Waals surface area contributed by atoms with Gasteiger partial charge in [-0.05, 0) is 43.5 Å². The minimum atomic E-state index is -0.413. The molecule has 2 fully saturated rings. The molecule has 2 atom stereocenters. The van der Waals surface area contributed by atoms with Crippen molar-refractivity contribution in [1.29, 1.82) is 0 Å². The fourth-order valence-electron chi connectivity index (χ4n) is 3.81. The van der Waals surface area contributed by atoms with Gasteiger partial charge in [0.15, 0.2) is 0 Å². The van der Waals surface area contributed by atoms with E-state index in [1.54, 1.807) is 11.0 Å². The summed E-state index contributed by atoms with van der Waals surface area (Å²) in [5, 5.41) is 0. The van der Waals surface area contributed by atoms with Crippen molar-refractivity contribution in [3.8, 4) is 0 Å². The summed E-state index contributed by atoms with van der Waals surface area (Å²) in [6.07, 6.45) is 3.02. The zero-order valence-corrected chi connectivity index (χ0v) is 13.8. The molecule has 1 heterocycles. The average molecular weight is 333 g/mol. The first kappa shape index (κ1) is 16.9. The van der Waals surface area contributed by atoms with Crippen molar-refractivity contribution in [2.24, 2.45) is 17.6 Å². The third-order valence-electron chi connectivity index (χ3n) is 5.23. The first-order valence-electron chi connectivity index (χ1n) is 8.64. The van der Waals surface area contributed by atoms with Crippen LogP contribution in [0.3, 0.4) is 0 Å². The predicted molar refractivity (Wildman–Crippen MR) is 88.8 cm³/mol. The zero-order chi connectivity index (χ0) is 17.1. The van der Waals surface area contributed by atoms with Crippen molar-refractivity contribution < 1.29 is 14.0 Å². The Labute approximate surface area is 141 Å². The van der Waals surface area contributed by atoms with E-state index in [9.17, 15) is 14.0 Å². The average Bonchev–Trinajstić information content (AvgIpc) is 3.09. The van der Waals surface area contributed by atoms with E-state index in [-0.39, 0.29) is 17.7 Å². The van der Waals surface area contributed by atoms with Gasteiger partial charge in [0, 0.05) is 37.7 Å².